The Balaban J connectivity index is 2.97. The Labute approximate surface area is 86.2 Å². The summed E-state index contributed by atoms with van der Waals surface area (Å²) < 4.78 is 0. The third kappa shape index (κ3) is 2.90. The molecule has 1 unspecified atom stereocenters. The first-order valence-corrected chi connectivity index (χ1v) is 4.02. The summed E-state index contributed by atoms with van der Waals surface area (Å²) in [7, 11) is 0. The van der Waals surface area contributed by atoms with E-state index in [0.29, 0.717) is 5.56 Å². The molecule has 1 aromatic rings. The fourth-order valence-electron chi connectivity index (χ4n) is 0.978. The minimum Gasteiger partial charge on any atom is -0.595 e. The van der Waals surface area contributed by atoms with Crippen LogP contribution in [0.25, 0.3) is 6.08 Å². The summed E-state index contributed by atoms with van der Waals surface area (Å²) >= 11 is 0. The van der Waals surface area contributed by atoms with Gasteiger partial charge in [-0.25, -0.2) is 5.21 Å². The second-order valence-electron chi connectivity index (χ2n) is 2.71. The van der Waals surface area contributed by atoms with Gasteiger partial charge in [0.05, 0.1) is 0 Å². The van der Waals surface area contributed by atoms with Crippen LogP contribution < -0.4 is 5.23 Å². The zero-order chi connectivity index (χ0) is 11.3. The van der Waals surface area contributed by atoms with Gasteiger partial charge in [-0.05, 0) is 23.8 Å². The van der Waals surface area contributed by atoms with E-state index >= 15 is 0 Å². The summed E-state index contributed by atoms with van der Waals surface area (Å²) in [5, 5.41) is 35.1. The van der Waals surface area contributed by atoms with Crippen LogP contribution in [0.2, 0.25) is 0 Å². The molecule has 74 valence electrons. The van der Waals surface area contributed by atoms with Crippen LogP contribution >= 0.6 is 0 Å². The summed E-state index contributed by atoms with van der Waals surface area (Å²) in [6, 6.07) is 9.36. The Morgan fingerprint density at radius 2 is 1.80 bits per heavy atom. The molecular weight excluding hydrogens is 194 g/mol. The minimum atomic E-state index is -1.01. The van der Waals surface area contributed by atoms with Crippen LogP contribution in [-0.4, -0.2) is 5.21 Å². The summed E-state index contributed by atoms with van der Waals surface area (Å²) in [4.78, 5) is 0. The predicted molar refractivity (Wildman–Crippen MR) is 51.4 cm³/mol. The van der Waals surface area contributed by atoms with E-state index in [-0.39, 0.29) is 11.3 Å². The molecule has 0 aliphatic heterocycles. The average molecular weight is 201 g/mol. The molecule has 0 saturated heterocycles. The van der Waals surface area contributed by atoms with Crippen molar-refractivity contribution in [3.05, 3.63) is 40.6 Å². The number of nitriles is 2. The van der Waals surface area contributed by atoms with Crippen molar-refractivity contribution in [2.75, 3.05) is 0 Å². The number of hydrogen-bond donors (Lipinski definition) is 2. The quantitative estimate of drug-likeness (QED) is 0.538. The SMILES string of the molecule is N#CC(C#N)=Cc1ccc([NH+]([O-])O)cc1. The van der Waals surface area contributed by atoms with Crippen LogP contribution in [0, 0.1) is 27.9 Å². The van der Waals surface area contributed by atoms with Gasteiger partial charge in [0.1, 0.15) is 17.7 Å². The van der Waals surface area contributed by atoms with Crippen molar-refractivity contribution in [1.82, 2.24) is 0 Å². The number of quaternary nitrogens is 1. The number of allylic oxidation sites excluding steroid dienone is 1. The van der Waals surface area contributed by atoms with Gasteiger partial charge in [-0.1, -0.05) is 0 Å². The second kappa shape index (κ2) is 4.89. The highest BCUT2D eigenvalue weighted by Crippen LogP contribution is 2.09. The Bertz CT molecular complexity index is 433. The van der Waals surface area contributed by atoms with Crippen LogP contribution in [0.1, 0.15) is 5.56 Å². The largest absolute Gasteiger partial charge is 0.595 e. The normalized spacial score (nSPS) is 10.9. The van der Waals surface area contributed by atoms with E-state index in [0.717, 1.165) is 0 Å². The van der Waals surface area contributed by atoms with Crippen LogP contribution in [0.3, 0.4) is 0 Å². The Morgan fingerprint density at radius 3 is 2.20 bits per heavy atom. The van der Waals surface area contributed by atoms with Gasteiger partial charge >= 0.3 is 0 Å². The molecule has 0 aromatic heterocycles. The molecule has 5 heteroatoms. The second-order valence-corrected chi connectivity index (χ2v) is 2.71. The van der Waals surface area contributed by atoms with Crippen molar-refractivity contribution in [2.24, 2.45) is 0 Å². The van der Waals surface area contributed by atoms with Gasteiger partial charge in [-0.2, -0.15) is 15.8 Å². The monoisotopic (exact) mass is 201 g/mol. The number of rotatable bonds is 2. The number of nitrogens with one attached hydrogen (secondary N) is 1. The summed E-state index contributed by atoms with van der Waals surface area (Å²) in [5.41, 5.74) is 0.777. The molecule has 2 N–H and O–H groups in total. The third-order valence-corrected chi connectivity index (χ3v) is 1.71. The van der Waals surface area contributed by atoms with E-state index < -0.39 is 5.23 Å². The summed E-state index contributed by atoms with van der Waals surface area (Å²) in [6.07, 6.45) is 1.39. The molecule has 0 heterocycles. The standard InChI is InChI=1S/C10H7N3O2/c11-6-9(7-12)5-8-1-3-10(4-2-8)13(14)15/h1-5,13-14H. The molecule has 0 aliphatic carbocycles. The maximum atomic E-state index is 10.5. The lowest BCUT2D eigenvalue weighted by Crippen LogP contribution is -2.99. The number of hydrogen-bond acceptors (Lipinski definition) is 4. The fourth-order valence-corrected chi connectivity index (χ4v) is 0.978. The van der Waals surface area contributed by atoms with Crippen molar-refractivity contribution in [2.45, 2.75) is 0 Å². The molecule has 0 aliphatic rings. The molecule has 1 rings (SSSR count). The zero-order valence-electron chi connectivity index (χ0n) is 7.64. The lowest BCUT2D eigenvalue weighted by atomic mass is 10.1. The highest BCUT2D eigenvalue weighted by Gasteiger charge is 1.99. The average Bonchev–Trinajstić information content (AvgIpc) is 2.26. The molecule has 15 heavy (non-hydrogen) atoms. The van der Waals surface area contributed by atoms with Gasteiger partial charge in [0.2, 0.25) is 0 Å². The highest BCUT2D eigenvalue weighted by molar-refractivity contribution is 5.62. The van der Waals surface area contributed by atoms with Gasteiger partial charge in [0.25, 0.3) is 0 Å². The molecule has 0 spiro atoms. The molecular formula is C10H7N3O2. The maximum Gasteiger partial charge on any atom is 0.163 e. The smallest absolute Gasteiger partial charge is 0.163 e. The fraction of sp³-hybridized carbons (Fsp3) is 0. The molecule has 0 amide bonds. The van der Waals surface area contributed by atoms with Crippen LogP contribution in [0.4, 0.5) is 5.69 Å². The van der Waals surface area contributed by atoms with E-state index in [1.807, 2.05) is 0 Å². The first-order chi connectivity index (χ1) is 7.17. The Hall–Kier alpha value is -2.18. The van der Waals surface area contributed by atoms with Crippen molar-refractivity contribution in [3.63, 3.8) is 0 Å². The molecule has 1 atom stereocenters. The first-order valence-electron chi connectivity index (χ1n) is 4.02. The summed E-state index contributed by atoms with van der Waals surface area (Å²) in [6.45, 7) is 0. The maximum absolute atomic E-state index is 10.5. The van der Waals surface area contributed by atoms with Gasteiger partial charge in [-0.15, -0.1) is 0 Å². The van der Waals surface area contributed by atoms with Crippen molar-refractivity contribution < 1.29 is 10.4 Å². The lowest BCUT2D eigenvalue weighted by molar-refractivity contribution is -0.991. The van der Waals surface area contributed by atoms with Crippen molar-refractivity contribution >= 4 is 11.8 Å². The topological polar surface area (TPSA) is 95.3 Å². The van der Waals surface area contributed by atoms with Crippen molar-refractivity contribution in [3.8, 4) is 12.1 Å². The van der Waals surface area contributed by atoms with Gasteiger partial charge < -0.3 is 5.21 Å². The van der Waals surface area contributed by atoms with E-state index in [4.69, 9.17) is 15.7 Å². The lowest BCUT2D eigenvalue weighted by Gasteiger charge is -2.10. The zero-order valence-corrected chi connectivity index (χ0v) is 7.64. The number of benzene rings is 1. The van der Waals surface area contributed by atoms with E-state index in [1.165, 1.54) is 30.3 Å². The molecule has 5 nitrogen and oxygen atoms in total. The van der Waals surface area contributed by atoms with Gasteiger partial charge in [0, 0.05) is 12.1 Å². The van der Waals surface area contributed by atoms with E-state index in [1.54, 1.807) is 12.1 Å². The molecule has 0 radical (unpaired) electrons. The Morgan fingerprint density at radius 1 is 1.27 bits per heavy atom. The highest BCUT2D eigenvalue weighted by atomic mass is 16.8. The van der Waals surface area contributed by atoms with Gasteiger partial charge in [0.15, 0.2) is 5.69 Å². The molecule has 0 fully saturated rings. The molecule has 0 bridgehead atoms. The van der Waals surface area contributed by atoms with Crippen LogP contribution in [0.5, 0.6) is 0 Å². The number of nitrogens with zero attached hydrogens (tertiary/aromatic N) is 2. The molecule has 0 saturated carbocycles. The third-order valence-electron chi connectivity index (χ3n) is 1.71. The Kier molecular flexibility index (Phi) is 3.55. The van der Waals surface area contributed by atoms with Crippen LogP contribution in [0.15, 0.2) is 29.8 Å². The van der Waals surface area contributed by atoms with E-state index in [9.17, 15) is 5.21 Å². The van der Waals surface area contributed by atoms with Crippen molar-refractivity contribution in [1.29, 1.82) is 10.5 Å². The predicted octanol–water partition coefficient (Wildman–Crippen LogP) is 0.521. The van der Waals surface area contributed by atoms with Crippen LogP contribution in [-0.2, 0) is 0 Å². The van der Waals surface area contributed by atoms with Gasteiger partial charge in [-0.3, -0.25) is 0 Å². The van der Waals surface area contributed by atoms with E-state index in [2.05, 4.69) is 0 Å². The summed E-state index contributed by atoms with van der Waals surface area (Å²) in [5.74, 6) is 0. The molecule has 1 aromatic carbocycles. The minimum absolute atomic E-state index is 0.0157. The first kappa shape index (κ1) is 10.9.